The first-order valence-corrected chi connectivity index (χ1v) is 11.3. The number of piperidine rings is 1. The Labute approximate surface area is 179 Å². The molecule has 4 rings (SSSR count). The largest absolute Gasteiger partial charge is 0.494 e. The molecule has 1 unspecified atom stereocenters. The van der Waals surface area contributed by atoms with Gasteiger partial charge >= 0.3 is 0 Å². The Bertz CT molecular complexity index is 835. The fraction of sp³-hybridized carbons (Fsp3) is 0.583. The zero-order chi connectivity index (χ0) is 20.8. The van der Waals surface area contributed by atoms with E-state index in [1.807, 2.05) is 24.0 Å². The Morgan fingerprint density at radius 1 is 1.10 bits per heavy atom. The summed E-state index contributed by atoms with van der Waals surface area (Å²) in [5, 5.41) is 3.91. The van der Waals surface area contributed by atoms with Gasteiger partial charge in [0.1, 0.15) is 11.5 Å². The Balaban J connectivity index is 1.46. The van der Waals surface area contributed by atoms with Crippen molar-refractivity contribution in [2.75, 3.05) is 32.8 Å². The van der Waals surface area contributed by atoms with Gasteiger partial charge in [-0.25, -0.2) is 0 Å². The quantitative estimate of drug-likeness (QED) is 0.755. The van der Waals surface area contributed by atoms with Crippen molar-refractivity contribution < 1.29 is 14.1 Å². The molecule has 1 atom stereocenters. The lowest BCUT2D eigenvalue weighted by atomic mass is 9.95. The van der Waals surface area contributed by atoms with Gasteiger partial charge in [0, 0.05) is 31.7 Å². The van der Waals surface area contributed by atoms with Crippen molar-refractivity contribution in [3.8, 4) is 5.75 Å². The van der Waals surface area contributed by atoms with Gasteiger partial charge in [0.05, 0.1) is 18.7 Å². The Morgan fingerprint density at radius 3 is 2.90 bits per heavy atom. The van der Waals surface area contributed by atoms with Crippen LogP contribution in [0.1, 0.15) is 49.1 Å². The molecule has 162 valence electrons. The van der Waals surface area contributed by atoms with Gasteiger partial charge in [-0.3, -0.25) is 9.69 Å². The summed E-state index contributed by atoms with van der Waals surface area (Å²) in [4.78, 5) is 17.6. The maximum absolute atomic E-state index is 13.0. The molecular weight excluding hydrogens is 378 g/mol. The number of fused-ring (bicyclic) bond motifs is 3. The monoisotopic (exact) mass is 411 g/mol. The van der Waals surface area contributed by atoms with Gasteiger partial charge in [-0.05, 0) is 63.3 Å². The number of benzene rings is 1. The molecule has 3 heterocycles. The molecule has 1 fully saturated rings. The number of hydrogen-bond acceptors (Lipinski definition) is 5. The third-order valence-corrected chi connectivity index (χ3v) is 6.27. The summed E-state index contributed by atoms with van der Waals surface area (Å²) in [6.45, 7) is 6.02. The summed E-state index contributed by atoms with van der Waals surface area (Å²) in [6, 6.07) is 10.9. The zero-order valence-electron chi connectivity index (χ0n) is 18.0. The van der Waals surface area contributed by atoms with Crippen LogP contribution in [0.25, 0.3) is 0 Å². The van der Waals surface area contributed by atoms with Crippen LogP contribution in [0.5, 0.6) is 5.75 Å². The molecule has 1 aromatic carbocycles. The third-order valence-electron chi connectivity index (χ3n) is 6.27. The zero-order valence-corrected chi connectivity index (χ0v) is 18.0. The molecule has 30 heavy (non-hydrogen) atoms. The molecule has 1 aromatic heterocycles. The van der Waals surface area contributed by atoms with Gasteiger partial charge in [0.15, 0.2) is 0 Å². The normalized spacial score (nSPS) is 21.4. The second-order valence-corrected chi connectivity index (χ2v) is 8.57. The van der Waals surface area contributed by atoms with Gasteiger partial charge in [-0.15, -0.1) is 0 Å². The molecule has 0 aliphatic carbocycles. The summed E-state index contributed by atoms with van der Waals surface area (Å²) < 4.78 is 11.2. The predicted molar refractivity (Wildman–Crippen MR) is 116 cm³/mol. The van der Waals surface area contributed by atoms with Crippen molar-refractivity contribution in [3.05, 3.63) is 47.3 Å². The lowest BCUT2D eigenvalue weighted by molar-refractivity contribution is -0.131. The number of carbonyl (C=O) groups is 1. The fourth-order valence-electron chi connectivity index (χ4n) is 4.62. The summed E-state index contributed by atoms with van der Waals surface area (Å²) in [5.41, 5.74) is 2.17. The molecule has 2 aliphatic rings. The predicted octanol–water partition coefficient (Wildman–Crippen LogP) is 3.62. The maximum atomic E-state index is 13.0. The van der Waals surface area contributed by atoms with Crippen LogP contribution in [0, 0.1) is 6.92 Å². The van der Waals surface area contributed by atoms with Crippen LogP contribution in [-0.4, -0.2) is 59.7 Å². The minimum atomic E-state index is 0.105. The van der Waals surface area contributed by atoms with Crippen molar-refractivity contribution in [1.82, 2.24) is 15.0 Å². The van der Waals surface area contributed by atoms with Gasteiger partial charge in [-0.2, -0.15) is 0 Å². The Hall–Kier alpha value is -2.34. The lowest BCUT2D eigenvalue weighted by Gasteiger charge is -2.37. The summed E-state index contributed by atoms with van der Waals surface area (Å²) in [6.07, 6.45) is 7.13. The van der Waals surface area contributed by atoms with Gasteiger partial charge in [0.2, 0.25) is 5.91 Å². The van der Waals surface area contributed by atoms with Crippen molar-refractivity contribution >= 4 is 5.91 Å². The number of ether oxygens (including phenoxy) is 1. The molecular formula is C24H33N3O3. The summed E-state index contributed by atoms with van der Waals surface area (Å²) in [7, 11) is 0. The molecule has 0 radical (unpaired) electrons. The number of nitrogens with zero attached hydrogens (tertiary/aromatic N) is 3. The van der Waals surface area contributed by atoms with Gasteiger partial charge < -0.3 is 14.2 Å². The van der Waals surface area contributed by atoms with Crippen LogP contribution < -0.4 is 4.74 Å². The molecule has 2 aliphatic heterocycles. The number of hydrogen-bond donors (Lipinski definition) is 0. The molecule has 2 bridgehead atoms. The number of rotatable bonds is 2. The van der Waals surface area contributed by atoms with Crippen molar-refractivity contribution in [2.45, 2.75) is 57.9 Å². The topological polar surface area (TPSA) is 58.8 Å². The van der Waals surface area contributed by atoms with Crippen LogP contribution in [0.15, 0.2) is 34.9 Å². The molecule has 1 saturated heterocycles. The molecule has 1 amide bonds. The van der Waals surface area contributed by atoms with E-state index in [9.17, 15) is 4.79 Å². The fourth-order valence-corrected chi connectivity index (χ4v) is 4.62. The van der Waals surface area contributed by atoms with Crippen LogP contribution in [0.2, 0.25) is 0 Å². The van der Waals surface area contributed by atoms with E-state index in [1.165, 1.54) is 24.8 Å². The van der Waals surface area contributed by atoms with Crippen molar-refractivity contribution in [3.63, 3.8) is 0 Å². The number of carbonyl (C=O) groups excluding carboxylic acids is 1. The number of amides is 1. The maximum Gasteiger partial charge on any atom is 0.230 e. The molecule has 6 nitrogen and oxygen atoms in total. The first-order chi connectivity index (χ1) is 14.7. The second kappa shape index (κ2) is 10.1. The summed E-state index contributed by atoms with van der Waals surface area (Å²) in [5.74, 6) is 1.68. The highest BCUT2D eigenvalue weighted by Crippen LogP contribution is 2.23. The highest BCUT2D eigenvalue weighted by atomic mass is 16.5. The highest BCUT2D eigenvalue weighted by Gasteiger charge is 2.24. The average molecular weight is 412 g/mol. The SMILES string of the molecule is Cc1cc(CC(=O)N2CCCOc3cccc(c3)CCC3CCCCN3CC2)on1. The van der Waals surface area contributed by atoms with E-state index in [0.717, 1.165) is 50.3 Å². The summed E-state index contributed by atoms with van der Waals surface area (Å²) >= 11 is 0. The minimum Gasteiger partial charge on any atom is -0.494 e. The van der Waals surface area contributed by atoms with E-state index >= 15 is 0 Å². The molecule has 0 saturated carbocycles. The van der Waals surface area contributed by atoms with E-state index in [2.05, 4.69) is 28.3 Å². The minimum absolute atomic E-state index is 0.105. The first kappa shape index (κ1) is 20.9. The van der Waals surface area contributed by atoms with E-state index in [4.69, 9.17) is 9.26 Å². The molecule has 6 heteroatoms. The van der Waals surface area contributed by atoms with Gasteiger partial charge in [0.25, 0.3) is 0 Å². The molecule has 0 N–H and O–H groups in total. The smallest absolute Gasteiger partial charge is 0.230 e. The standard InChI is InChI=1S/C24H33N3O3/c1-19-16-23(30-25-19)18-24(28)27-12-5-15-29-22-8-4-6-20(17-22)9-10-21-7-2-3-11-26(21)13-14-27/h4,6,8,16-17,21H,2-3,5,7,9-15,18H2,1H3. The van der Waals surface area contributed by atoms with E-state index < -0.39 is 0 Å². The highest BCUT2D eigenvalue weighted by molar-refractivity contribution is 5.78. The Morgan fingerprint density at radius 2 is 2.03 bits per heavy atom. The number of aryl methyl sites for hydroxylation is 2. The molecule has 0 spiro atoms. The second-order valence-electron chi connectivity index (χ2n) is 8.57. The van der Waals surface area contributed by atoms with Crippen LogP contribution in [0.4, 0.5) is 0 Å². The van der Waals surface area contributed by atoms with Gasteiger partial charge in [-0.1, -0.05) is 23.7 Å². The lowest BCUT2D eigenvalue weighted by Crippen LogP contribution is -2.46. The van der Waals surface area contributed by atoms with Crippen molar-refractivity contribution in [2.24, 2.45) is 0 Å². The van der Waals surface area contributed by atoms with E-state index in [1.54, 1.807) is 0 Å². The first-order valence-electron chi connectivity index (χ1n) is 11.3. The Kier molecular flexibility index (Phi) is 7.05. The van der Waals surface area contributed by atoms with E-state index in [0.29, 0.717) is 25.0 Å². The average Bonchev–Trinajstić information content (AvgIpc) is 3.16. The van der Waals surface area contributed by atoms with Crippen LogP contribution >= 0.6 is 0 Å². The van der Waals surface area contributed by atoms with Crippen LogP contribution in [0.3, 0.4) is 0 Å². The third kappa shape index (κ3) is 5.63. The number of aromatic nitrogens is 1. The molecule has 2 aromatic rings. The van der Waals surface area contributed by atoms with Crippen molar-refractivity contribution in [1.29, 1.82) is 0 Å². The van der Waals surface area contributed by atoms with E-state index in [-0.39, 0.29) is 12.3 Å². The van der Waals surface area contributed by atoms with Crippen LogP contribution in [-0.2, 0) is 17.6 Å².